The first-order chi connectivity index (χ1) is 7.24. The highest BCUT2D eigenvalue weighted by atomic mass is 127. The summed E-state index contributed by atoms with van der Waals surface area (Å²) in [6.45, 7) is 0.689. The topological polar surface area (TPSA) is 55.6 Å². The van der Waals surface area contributed by atoms with Gasteiger partial charge in [0.25, 0.3) is 0 Å². The lowest BCUT2D eigenvalue weighted by Crippen LogP contribution is -2.02. The molecule has 0 saturated heterocycles. The van der Waals surface area contributed by atoms with Crippen molar-refractivity contribution in [1.82, 2.24) is 19.7 Å². The Morgan fingerprint density at radius 3 is 2.67 bits per heavy atom. The van der Waals surface area contributed by atoms with Crippen LogP contribution in [0.15, 0.2) is 24.8 Å². The summed E-state index contributed by atoms with van der Waals surface area (Å²) in [6, 6.07) is 0. The van der Waals surface area contributed by atoms with E-state index in [0.29, 0.717) is 12.5 Å². The molecule has 0 bridgehead atoms. The Labute approximate surface area is 101 Å². The predicted molar refractivity (Wildman–Crippen MR) is 65.3 cm³/mol. The number of nitrogens with zero attached hydrogens (tertiary/aromatic N) is 4. The maximum Gasteiger partial charge on any atom is 0.222 e. The molecule has 6 heteroatoms. The Kier molecular flexibility index (Phi) is 3.14. The van der Waals surface area contributed by atoms with Crippen LogP contribution in [0, 0.1) is 3.57 Å². The van der Waals surface area contributed by atoms with Crippen LogP contribution in [0.3, 0.4) is 0 Å². The molecular weight excluding hydrogens is 305 g/mol. The molecule has 5 nitrogen and oxygen atoms in total. The average molecular weight is 315 g/mol. The summed E-state index contributed by atoms with van der Waals surface area (Å²) in [5.74, 6) is 0.638. The second-order valence-electron chi connectivity index (χ2n) is 3.10. The van der Waals surface area contributed by atoms with Gasteiger partial charge in [-0.15, -0.1) is 0 Å². The van der Waals surface area contributed by atoms with E-state index in [0.717, 1.165) is 9.13 Å². The quantitative estimate of drug-likeness (QED) is 0.871. The van der Waals surface area contributed by atoms with Crippen molar-refractivity contribution in [2.24, 2.45) is 7.05 Å². The van der Waals surface area contributed by atoms with Gasteiger partial charge in [0.05, 0.1) is 6.20 Å². The van der Waals surface area contributed by atoms with Crippen molar-refractivity contribution in [2.75, 3.05) is 5.32 Å². The van der Waals surface area contributed by atoms with E-state index < -0.39 is 0 Å². The van der Waals surface area contributed by atoms with E-state index in [4.69, 9.17) is 0 Å². The van der Waals surface area contributed by atoms with Crippen LogP contribution in [0.5, 0.6) is 0 Å². The number of anilines is 1. The monoisotopic (exact) mass is 315 g/mol. The smallest absolute Gasteiger partial charge is 0.222 e. The van der Waals surface area contributed by atoms with Gasteiger partial charge in [-0.05, 0) is 22.6 Å². The molecule has 2 rings (SSSR count). The van der Waals surface area contributed by atoms with Crippen LogP contribution in [0.1, 0.15) is 5.56 Å². The van der Waals surface area contributed by atoms with Gasteiger partial charge in [0.1, 0.15) is 0 Å². The maximum absolute atomic E-state index is 4.14. The first-order valence-electron chi connectivity index (χ1n) is 4.43. The first kappa shape index (κ1) is 10.3. The second-order valence-corrected chi connectivity index (χ2v) is 4.35. The summed E-state index contributed by atoms with van der Waals surface area (Å²) < 4.78 is 2.80. The summed E-state index contributed by atoms with van der Waals surface area (Å²) in [6.07, 6.45) is 7.33. The molecule has 0 spiro atoms. The van der Waals surface area contributed by atoms with Gasteiger partial charge in [0.15, 0.2) is 0 Å². The molecule has 2 heterocycles. The molecule has 0 saturated carbocycles. The molecule has 0 amide bonds. The summed E-state index contributed by atoms with van der Waals surface area (Å²) in [5.41, 5.74) is 1.11. The van der Waals surface area contributed by atoms with E-state index in [-0.39, 0.29) is 0 Å². The SMILES string of the molecule is Cn1cc(CNc2ncc(I)cn2)cn1. The zero-order chi connectivity index (χ0) is 10.7. The highest BCUT2D eigenvalue weighted by Gasteiger charge is 1.98. The van der Waals surface area contributed by atoms with Crippen molar-refractivity contribution >= 4 is 28.5 Å². The minimum absolute atomic E-state index is 0.638. The molecular formula is C9H10IN5. The van der Waals surface area contributed by atoms with Crippen molar-refractivity contribution < 1.29 is 0 Å². The average Bonchev–Trinajstić information content (AvgIpc) is 2.64. The maximum atomic E-state index is 4.14. The van der Waals surface area contributed by atoms with Crippen LogP contribution in [-0.2, 0) is 13.6 Å². The van der Waals surface area contributed by atoms with E-state index >= 15 is 0 Å². The number of aryl methyl sites for hydroxylation is 1. The molecule has 0 aliphatic carbocycles. The van der Waals surface area contributed by atoms with Crippen molar-refractivity contribution in [3.63, 3.8) is 0 Å². The van der Waals surface area contributed by atoms with Gasteiger partial charge in [-0.25, -0.2) is 9.97 Å². The Bertz CT molecular complexity index is 436. The number of halogens is 1. The van der Waals surface area contributed by atoms with Gasteiger partial charge >= 0.3 is 0 Å². The Balaban J connectivity index is 1.96. The van der Waals surface area contributed by atoms with Crippen LogP contribution in [0.25, 0.3) is 0 Å². The van der Waals surface area contributed by atoms with Crippen LogP contribution < -0.4 is 5.32 Å². The molecule has 15 heavy (non-hydrogen) atoms. The molecule has 0 unspecified atom stereocenters. The second kappa shape index (κ2) is 4.56. The van der Waals surface area contributed by atoms with Crippen LogP contribution in [-0.4, -0.2) is 19.7 Å². The third-order valence-electron chi connectivity index (χ3n) is 1.83. The molecule has 78 valence electrons. The van der Waals surface area contributed by atoms with Crippen LogP contribution in [0.2, 0.25) is 0 Å². The van der Waals surface area contributed by atoms with Crippen LogP contribution >= 0.6 is 22.6 Å². The fraction of sp³-hybridized carbons (Fsp3) is 0.222. The van der Waals surface area contributed by atoms with Gasteiger partial charge in [-0.1, -0.05) is 0 Å². The fourth-order valence-electron chi connectivity index (χ4n) is 1.15. The van der Waals surface area contributed by atoms with E-state index in [1.807, 2.05) is 19.4 Å². The largest absolute Gasteiger partial charge is 0.350 e. The normalized spacial score (nSPS) is 10.3. The van der Waals surface area contributed by atoms with Crippen molar-refractivity contribution in [3.05, 3.63) is 33.9 Å². The van der Waals surface area contributed by atoms with Crippen LogP contribution in [0.4, 0.5) is 5.95 Å². The van der Waals surface area contributed by atoms with Crippen molar-refractivity contribution in [3.8, 4) is 0 Å². The number of hydrogen-bond donors (Lipinski definition) is 1. The van der Waals surface area contributed by atoms with Gasteiger partial charge in [-0.3, -0.25) is 4.68 Å². The Morgan fingerprint density at radius 2 is 2.07 bits per heavy atom. The summed E-state index contributed by atoms with van der Waals surface area (Å²) in [5, 5.41) is 7.20. The third kappa shape index (κ3) is 2.88. The molecule has 0 aliphatic rings. The minimum Gasteiger partial charge on any atom is -0.350 e. The molecule has 2 aromatic heterocycles. The van der Waals surface area contributed by atoms with E-state index in [1.165, 1.54) is 0 Å². The molecule has 0 fully saturated rings. The first-order valence-corrected chi connectivity index (χ1v) is 5.51. The lowest BCUT2D eigenvalue weighted by Gasteiger charge is -2.01. The highest BCUT2D eigenvalue weighted by Crippen LogP contribution is 2.04. The van der Waals surface area contributed by atoms with Crippen molar-refractivity contribution in [2.45, 2.75) is 6.54 Å². The minimum atomic E-state index is 0.638. The summed E-state index contributed by atoms with van der Waals surface area (Å²) in [4.78, 5) is 8.29. The molecule has 1 N–H and O–H groups in total. The molecule has 0 atom stereocenters. The molecule has 0 aromatic carbocycles. The predicted octanol–water partition coefficient (Wildman–Crippen LogP) is 1.43. The van der Waals surface area contributed by atoms with Gasteiger partial charge < -0.3 is 5.32 Å². The zero-order valence-electron chi connectivity index (χ0n) is 8.18. The van der Waals surface area contributed by atoms with Crippen molar-refractivity contribution in [1.29, 1.82) is 0 Å². The standard InChI is InChI=1S/C9H10IN5/c1-15-6-7(3-14-15)2-11-9-12-4-8(10)5-13-9/h3-6H,2H2,1H3,(H,11,12,13). The van der Waals surface area contributed by atoms with E-state index in [9.17, 15) is 0 Å². The number of nitrogens with one attached hydrogen (secondary N) is 1. The van der Waals surface area contributed by atoms with Gasteiger partial charge in [0, 0.05) is 41.3 Å². The molecule has 0 aliphatic heterocycles. The molecule has 2 aromatic rings. The van der Waals surface area contributed by atoms with Gasteiger partial charge in [-0.2, -0.15) is 5.10 Å². The lowest BCUT2D eigenvalue weighted by atomic mass is 10.4. The number of hydrogen-bond acceptors (Lipinski definition) is 4. The molecule has 0 radical (unpaired) electrons. The number of rotatable bonds is 3. The summed E-state index contributed by atoms with van der Waals surface area (Å²) in [7, 11) is 1.89. The number of aromatic nitrogens is 4. The lowest BCUT2D eigenvalue weighted by molar-refractivity contribution is 0.767. The Morgan fingerprint density at radius 1 is 1.33 bits per heavy atom. The van der Waals surface area contributed by atoms with E-state index in [1.54, 1.807) is 17.1 Å². The third-order valence-corrected chi connectivity index (χ3v) is 2.39. The van der Waals surface area contributed by atoms with Gasteiger partial charge in [0.2, 0.25) is 5.95 Å². The highest BCUT2D eigenvalue weighted by molar-refractivity contribution is 14.1. The fourth-order valence-corrected chi connectivity index (χ4v) is 1.43. The zero-order valence-corrected chi connectivity index (χ0v) is 10.3. The summed E-state index contributed by atoms with van der Waals surface area (Å²) >= 11 is 2.17. The van der Waals surface area contributed by atoms with E-state index in [2.05, 4.69) is 43.0 Å². The Hall–Kier alpha value is -1.18.